The standard InChI is InChI=1S/C20H15N3/c1-2-7-15(8-3-1)13-14-16-9-4-5-10-17(16)18-11-6-12-19-20(18)22-23-21-19/h1-14H,(H,21,22,23)/b14-13+. The van der Waals surface area contributed by atoms with Crippen molar-refractivity contribution in [2.24, 2.45) is 0 Å². The van der Waals surface area contributed by atoms with Crippen molar-refractivity contribution in [2.45, 2.75) is 0 Å². The fraction of sp³-hybridized carbons (Fsp3) is 0. The van der Waals surface area contributed by atoms with Gasteiger partial charge in [0.2, 0.25) is 0 Å². The van der Waals surface area contributed by atoms with E-state index < -0.39 is 0 Å². The summed E-state index contributed by atoms with van der Waals surface area (Å²) in [6.07, 6.45) is 4.27. The Bertz CT molecular complexity index is 968. The van der Waals surface area contributed by atoms with E-state index in [4.69, 9.17) is 0 Å². The second-order valence-electron chi connectivity index (χ2n) is 5.34. The van der Waals surface area contributed by atoms with Gasteiger partial charge >= 0.3 is 0 Å². The van der Waals surface area contributed by atoms with E-state index in [0.717, 1.165) is 27.7 Å². The van der Waals surface area contributed by atoms with E-state index in [1.807, 2.05) is 36.4 Å². The van der Waals surface area contributed by atoms with E-state index in [2.05, 4.69) is 64.0 Å². The topological polar surface area (TPSA) is 41.6 Å². The van der Waals surface area contributed by atoms with Gasteiger partial charge in [0.15, 0.2) is 0 Å². The van der Waals surface area contributed by atoms with Gasteiger partial charge in [0, 0.05) is 5.56 Å². The number of rotatable bonds is 3. The van der Waals surface area contributed by atoms with E-state index in [1.165, 1.54) is 5.56 Å². The van der Waals surface area contributed by atoms with Crippen LogP contribution >= 0.6 is 0 Å². The van der Waals surface area contributed by atoms with Gasteiger partial charge in [-0.05, 0) is 22.8 Å². The number of aromatic nitrogens is 3. The van der Waals surface area contributed by atoms with Crippen molar-refractivity contribution in [1.29, 1.82) is 0 Å². The van der Waals surface area contributed by atoms with Crippen molar-refractivity contribution in [3.05, 3.63) is 83.9 Å². The fourth-order valence-corrected chi connectivity index (χ4v) is 2.73. The number of hydrogen-bond donors (Lipinski definition) is 1. The summed E-state index contributed by atoms with van der Waals surface area (Å²) in [7, 11) is 0. The van der Waals surface area contributed by atoms with Crippen LogP contribution in [0.25, 0.3) is 34.3 Å². The number of nitrogens with one attached hydrogen (secondary N) is 1. The van der Waals surface area contributed by atoms with Crippen molar-refractivity contribution in [2.75, 3.05) is 0 Å². The summed E-state index contributed by atoms with van der Waals surface area (Å²) in [4.78, 5) is 0. The lowest BCUT2D eigenvalue weighted by atomic mass is 9.98. The van der Waals surface area contributed by atoms with Crippen LogP contribution in [0.5, 0.6) is 0 Å². The average molecular weight is 297 g/mol. The Hall–Kier alpha value is -3.20. The summed E-state index contributed by atoms with van der Waals surface area (Å²) in [6.45, 7) is 0. The SMILES string of the molecule is C(=C\c1ccccc1-c1cccc2[nH]nnc12)/c1ccccc1. The molecule has 0 aliphatic rings. The van der Waals surface area contributed by atoms with Crippen molar-refractivity contribution >= 4 is 23.2 Å². The van der Waals surface area contributed by atoms with Gasteiger partial charge in [-0.2, -0.15) is 0 Å². The highest BCUT2D eigenvalue weighted by atomic mass is 15.3. The Balaban J connectivity index is 1.82. The largest absolute Gasteiger partial charge is 0.258 e. The van der Waals surface area contributed by atoms with Crippen molar-refractivity contribution in [3.63, 3.8) is 0 Å². The van der Waals surface area contributed by atoms with E-state index in [-0.39, 0.29) is 0 Å². The smallest absolute Gasteiger partial charge is 0.120 e. The Kier molecular flexibility index (Phi) is 3.45. The second-order valence-corrected chi connectivity index (χ2v) is 5.34. The quantitative estimate of drug-likeness (QED) is 0.552. The third-order valence-electron chi connectivity index (χ3n) is 3.86. The minimum absolute atomic E-state index is 0.896. The Labute approximate surface area is 134 Å². The van der Waals surface area contributed by atoms with Gasteiger partial charge in [-0.15, -0.1) is 5.10 Å². The minimum Gasteiger partial charge on any atom is -0.258 e. The first-order valence-corrected chi connectivity index (χ1v) is 7.54. The molecule has 3 aromatic carbocycles. The van der Waals surface area contributed by atoms with E-state index in [9.17, 15) is 0 Å². The number of benzene rings is 3. The van der Waals surface area contributed by atoms with Crippen LogP contribution in [0.15, 0.2) is 72.8 Å². The molecule has 0 aliphatic carbocycles. The van der Waals surface area contributed by atoms with E-state index in [0.29, 0.717) is 0 Å². The highest BCUT2D eigenvalue weighted by Gasteiger charge is 2.09. The number of nitrogens with zero attached hydrogens (tertiary/aromatic N) is 2. The van der Waals surface area contributed by atoms with Gasteiger partial charge in [-0.25, -0.2) is 0 Å². The molecule has 0 atom stereocenters. The van der Waals surface area contributed by atoms with E-state index in [1.54, 1.807) is 0 Å². The number of H-pyrrole nitrogens is 1. The molecule has 0 radical (unpaired) electrons. The molecule has 3 nitrogen and oxygen atoms in total. The molecule has 110 valence electrons. The highest BCUT2D eigenvalue weighted by Crippen LogP contribution is 2.30. The summed E-state index contributed by atoms with van der Waals surface area (Å²) < 4.78 is 0. The summed E-state index contributed by atoms with van der Waals surface area (Å²) in [5, 5.41) is 11.1. The molecule has 0 unspecified atom stereocenters. The molecule has 1 aromatic heterocycles. The van der Waals surface area contributed by atoms with Gasteiger partial charge in [0.1, 0.15) is 5.52 Å². The lowest BCUT2D eigenvalue weighted by Crippen LogP contribution is -1.85. The second kappa shape index (κ2) is 5.89. The average Bonchev–Trinajstić information content (AvgIpc) is 3.10. The van der Waals surface area contributed by atoms with Crippen LogP contribution in [0.3, 0.4) is 0 Å². The van der Waals surface area contributed by atoms with Crippen LogP contribution in [0, 0.1) is 0 Å². The number of hydrogen-bond acceptors (Lipinski definition) is 2. The predicted octanol–water partition coefficient (Wildman–Crippen LogP) is 4.80. The summed E-state index contributed by atoms with van der Waals surface area (Å²) in [5.74, 6) is 0. The van der Waals surface area contributed by atoms with Gasteiger partial charge in [0.05, 0.1) is 5.52 Å². The van der Waals surface area contributed by atoms with Gasteiger partial charge in [-0.1, -0.05) is 84.1 Å². The zero-order valence-corrected chi connectivity index (χ0v) is 12.5. The molecular formula is C20H15N3. The van der Waals surface area contributed by atoms with Crippen LogP contribution < -0.4 is 0 Å². The first-order valence-electron chi connectivity index (χ1n) is 7.54. The molecule has 0 saturated carbocycles. The predicted molar refractivity (Wildman–Crippen MR) is 94.7 cm³/mol. The maximum atomic E-state index is 4.22. The van der Waals surface area contributed by atoms with Crippen molar-refractivity contribution in [3.8, 4) is 11.1 Å². The zero-order chi connectivity index (χ0) is 15.5. The fourth-order valence-electron chi connectivity index (χ4n) is 2.73. The monoisotopic (exact) mass is 297 g/mol. The van der Waals surface area contributed by atoms with Gasteiger partial charge in [-0.3, -0.25) is 5.10 Å². The van der Waals surface area contributed by atoms with Crippen LogP contribution in [0.2, 0.25) is 0 Å². The zero-order valence-electron chi connectivity index (χ0n) is 12.5. The maximum absolute atomic E-state index is 4.22. The van der Waals surface area contributed by atoms with Gasteiger partial charge < -0.3 is 0 Å². The van der Waals surface area contributed by atoms with Crippen LogP contribution in [-0.2, 0) is 0 Å². The molecule has 4 aromatic rings. The molecule has 0 aliphatic heterocycles. The molecule has 23 heavy (non-hydrogen) atoms. The normalized spacial score (nSPS) is 11.3. The highest BCUT2D eigenvalue weighted by molar-refractivity contribution is 5.94. The molecule has 0 spiro atoms. The molecule has 4 rings (SSSR count). The third-order valence-corrected chi connectivity index (χ3v) is 3.86. The maximum Gasteiger partial charge on any atom is 0.120 e. The number of aromatic amines is 1. The van der Waals surface area contributed by atoms with Crippen LogP contribution in [0.4, 0.5) is 0 Å². The molecule has 0 amide bonds. The lowest BCUT2D eigenvalue weighted by molar-refractivity contribution is 0.959. The first-order chi connectivity index (χ1) is 11.4. The Morgan fingerprint density at radius 1 is 0.696 bits per heavy atom. The van der Waals surface area contributed by atoms with Crippen molar-refractivity contribution < 1.29 is 0 Å². The lowest BCUT2D eigenvalue weighted by Gasteiger charge is -2.07. The molecule has 0 saturated heterocycles. The summed E-state index contributed by atoms with van der Waals surface area (Å²) in [6, 6.07) is 24.7. The van der Waals surface area contributed by atoms with Gasteiger partial charge in [0.25, 0.3) is 0 Å². The minimum atomic E-state index is 0.896. The Morgan fingerprint density at radius 2 is 1.48 bits per heavy atom. The van der Waals surface area contributed by atoms with Crippen LogP contribution in [0.1, 0.15) is 11.1 Å². The molecule has 1 heterocycles. The van der Waals surface area contributed by atoms with E-state index >= 15 is 0 Å². The molecular weight excluding hydrogens is 282 g/mol. The van der Waals surface area contributed by atoms with Crippen LogP contribution in [-0.4, -0.2) is 15.4 Å². The third kappa shape index (κ3) is 2.64. The summed E-state index contributed by atoms with van der Waals surface area (Å²) >= 11 is 0. The Morgan fingerprint density at radius 3 is 2.39 bits per heavy atom. The summed E-state index contributed by atoms with van der Waals surface area (Å²) in [5.41, 5.74) is 6.43. The number of fused-ring (bicyclic) bond motifs is 1. The molecule has 1 N–H and O–H groups in total. The van der Waals surface area contributed by atoms with Crippen molar-refractivity contribution in [1.82, 2.24) is 15.4 Å². The molecule has 0 fully saturated rings. The molecule has 3 heteroatoms. The molecule has 0 bridgehead atoms. The first kappa shape index (κ1) is 13.5.